The fourth-order valence-electron chi connectivity index (χ4n) is 6.06. The first-order valence-electron chi connectivity index (χ1n) is 15.2. The van der Waals surface area contributed by atoms with Gasteiger partial charge in [0.25, 0.3) is 5.91 Å². The molecule has 2 fully saturated rings. The lowest BCUT2D eigenvalue weighted by Crippen LogP contribution is -2.48. The Kier molecular flexibility index (Phi) is 8.89. The number of pyridine rings is 1. The zero-order valence-corrected chi connectivity index (χ0v) is 25.7. The Balaban J connectivity index is 0.989. The number of likely N-dealkylation sites (tertiary alicyclic amines) is 2. The number of carbonyl (C=O) groups excluding carboxylic acids is 1. The SMILES string of the molecule is C[SiH](C)CCOCn1nccc1-c1ccc(Oc2ccc3c(c2)O[C@H](CN2CCC(N4CC[C@H](O)C4=O)CC2)C3)nc1. The second-order valence-corrected chi connectivity index (χ2v) is 15.4. The van der Waals surface area contributed by atoms with E-state index < -0.39 is 14.9 Å². The van der Waals surface area contributed by atoms with Crippen molar-refractivity contribution in [1.82, 2.24) is 24.6 Å². The van der Waals surface area contributed by atoms with Crippen LogP contribution in [0.15, 0.2) is 48.8 Å². The van der Waals surface area contributed by atoms with Crippen molar-refractivity contribution in [2.75, 3.05) is 32.8 Å². The van der Waals surface area contributed by atoms with Gasteiger partial charge in [0.15, 0.2) is 0 Å². The summed E-state index contributed by atoms with van der Waals surface area (Å²) in [7, 11) is -0.618. The third kappa shape index (κ3) is 6.70. The van der Waals surface area contributed by atoms with Gasteiger partial charge < -0.3 is 24.2 Å². The van der Waals surface area contributed by atoms with E-state index in [1.54, 1.807) is 12.4 Å². The summed E-state index contributed by atoms with van der Waals surface area (Å²) in [6.07, 6.45) is 6.19. The van der Waals surface area contributed by atoms with E-state index >= 15 is 0 Å². The number of aliphatic hydroxyl groups excluding tert-OH is 1. The highest BCUT2D eigenvalue weighted by Crippen LogP contribution is 2.35. The molecule has 0 aliphatic carbocycles. The third-order valence-corrected chi connectivity index (χ3v) is 9.87. The quantitative estimate of drug-likeness (QED) is 0.267. The number of hydrogen-bond acceptors (Lipinski definition) is 8. The summed E-state index contributed by atoms with van der Waals surface area (Å²) in [6, 6.07) is 13.2. The Morgan fingerprint density at radius 2 is 1.95 bits per heavy atom. The second kappa shape index (κ2) is 12.9. The topological polar surface area (TPSA) is 102 Å². The molecular weight excluding hydrogens is 550 g/mol. The molecule has 2 aromatic heterocycles. The largest absolute Gasteiger partial charge is 0.488 e. The number of aromatic nitrogens is 3. The zero-order chi connectivity index (χ0) is 29.1. The number of carbonyl (C=O) groups is 1. The molecule has 0 saturated carbocycles. The van der Waals surface area contributed by atoms with Crippen LogP contribution in [0.5, 0.6) is 17.4 Å². The summed E-state index contributed by atoms with van der Waals surface area (Å²) in [5.74, 6) is 1.98. The molecule has 224 valence electrons. The van der Waals surface area contributed by atoms with Crippen LogP contribution in [0, 0.1) is 0 Å². The van der Waals surface area contributed by atoms with Crippen LogP contribution in [-0.4, -0.2) is 95.4 Å². The van der Waals surface area contributed by atoms with Crippen molar-refractivity contribution in [3.05, 3.63) is 54.4 Å². The van der Waals surface area contributed by atoms with Gasteiger partial charge in [0.1, 0.15) is 30.4 Å². The molecule has 3 aromatic rings. The van der Waals surface area contributed by atoms with E-state index in [-0.39, 0.29) is 18.1 Å². The standard InChI is InChI=1S/C31H41N5O5Si/c1-42(2)16-15-39-21-36-27(7-11-33-36)23-4-6-30(32-19-23)41-25-5-3-22-17-26(40-29(22)18-25)20-34-12-8-24(9-13-34)35-14-10-28(37)31(35)38/h3-7,11,18-19,24,26,28,37,42H,8-10,12-17,20-21H2,1-2H3/t26-,28-/m0/s1. The van der Waals surface area contributed by atoms with E-state index in [4.69, 9.17) is 14.2 Å². The van der Waals surface area contributed by atoms with Gasteiger partial charge in [-0.05, 0) is 49.1 Å². The predicted molar refractivity (Wildman–Crippen MR) is 162 cm³/mol. The molecule has 2 saturated heterocycles. The van der Waals surface area contributed by atoms with Crippen molar-refractivity contribution < 1.29 is 24.1 Å². The number of hydrogen-bond donors (Lipinski definition) is 1. The predicted octanol–water partition coefficient (Wildman–Crippen LogP) is 3.56. The van der Waals surface area contributed by atoms with Crippen LogP contribution in [0.25, 0.3) is 11.3 Å². The van der Waals surface area contributed by atoms with E-state index in [2.05, 4.69) is 34.1 Å². The Bertz CT molecular complexity index is 1360. The molecule has 5 heterocycles. The Morgan fingerprint density at radius 3 is 2.69 bits per heavy atom. The molecule has 0 radical (unpaired) electrons. The fraction of sp³-hybridized carbons (Fsp3) is 0.516. The summed E-state index contributed by atoms with van der Waals surface area (Å²) < 4.78 is 20.1. The maximum atomic E-state index is 12.2. The van der Waals surface area contributed by atoms with Crippen LogP contribution < -0.4 is 9.47 Å². The number of fused-ring (bicyclic) bond motifs is 1. The molecule has 1 aromatic carbocycles. The van der Waals surface area contributed by atoms with Gasteiger partial charge in [-0.1, -0.05) is 19.2 Å². The highest BCUT2D eigenvalue weighted by molar-refractivity contribution is 6.55. The van der Waals surface area contributed by atoms with Gasteiger partial charge >= 0.3 is 0 Å². The van der Waals surface area contributed by atoms with E-state index in [1.807, 2.05) is 39.9 Å². The minimum Gasteiger partial charge on any atom is -0.488 e. The average molecular weight is 592 g/mol. The smallest absolute Gasteiger partial charge is 0.251 e. The van der Waals surface area contributed by atoms with Gasteiger partial charge in [0.05, 0.1) is 5.69 Å². The molecule has 10 nitrogen and oxygen atoms in total. The maximum absolute atomic E-state index is 12.2. The van der Waals surface area contributed by atoms with Crippen LogP contribution in [0.1, 0.15) is 24.8 Å². The number of aliphatic hydroxyl groups is 1. The molecule has 11 heteroatoms. The minimum atomic E-state index is -0.807. The summed E-state index contributed by atoms with van der Waals surface area (Å²) in [5, 5.41) is 14.2. The van der Waals surface area contributed by atoms with Crippen LogP contribution in [0.2, 0.25) is 19.1 Å². The molecule has 42 heavy (non-hydrogen) atoms. The van der Waals surface area contributed by atoms with Crippen molar-refractivity contribution in [3.8, 4) is 28.6 Å². The van der Waals surface area contributed by atoms with Gasteiger partial charge in [0, 0.05) is 84.1 Å². The Labute approximate surface area is 248 Å². The van der Waals surface area contributed by atoms with Crippen LogP contribution in [0.4, 0.5) is 0 Å². The molecule has 0 bridgehead atoms. The molecule has 0 spiro atoms. The van der Waals surface area contributed by atoms with Gasteiger partial charge in [0.2, 0.25) is 5.88 Å². The number of ether oxygens (including phenoxy) is 3. The lowest BCUT2D eigenvalue weighted by molar-refractivity contribution is -0.137. The minimum absolute atomic E-state index is 0.0979. The fourth-order valence-corrected chi connectivity index (χ4v) is 6.70. The van der Waals surface area contributed by atoms with E-state index in [0.29, 0.717) is 31.3 Å². The molecule has 6 rings (SSSR count). The monoisotopic (exact) mass is 591 g/mol. The van der Waals surface area contributed by atoms with E-state index in [9.17, 15) is 9.90 Å². The average Bonchev–Trinajstić information content (AvgIpc) is 3.70. The van der Waals surface area contributed by atoms with Crippen molar-refractivity contribution in [3.63, 3.8) is 0 Å². The molecule has 1 N–H and O–H groups in total. The second-order valence-electron chi connectivity index (χ2n) is 12.0. The van der Waals surface area contributed by atoms with Gasteiger partial charge in [-0.2, -0.15) is 5.10 Å². The summed E-state index contributed by atoms with van der Waals surface area (Å²) in [4.78, 5) is 21.0. The number of piperidine rings is 1. The van der Waals surface area contributed by atoms with Gasteiger partial charge in [-0.15, -0.1) is 0 Å². The molecule has 3 aliphatic heterocycles. The third-order valence-electron chi connectivity index (χ3n) is 8.48. The molecule has 0 unspecified atom stereocenters. The van der Waals surface area contributed by atoms with Gasteiger partial charge in [-0.25, -0.2) is 9.67 Å². The Morgan fingerprint density at radius 1 is 1.10 bits per heavy atom. The normalized spacial score (nSPS) is 21.2. The first kappa shape index (κ1) is 28.8. The highest BCUT2D eigenvalue weighted by Gasteiger charge is 2.36. The number of rotatable bonds is 11. The van der Waals surface area contributed by atoms with Crippen molar-refractivity contribution >= 4 is 14.7 Å². The Hall–Kier alpha value is -3.25. The van der Waals surface area contributed by atoms with Crippen molar-refractivity contribution in [2.45, 2.75) is 69.8 Å². The lowest BCUT2D eigenvalue weighted by Gasteiger charge is -2.37. The van der Waals surface area contributed by atoms with Crippen molar-refractivity contribution in [1.29, 1.82) is 0 Å². The van der Waals surface area contributed by atoms with Crippen LogP contribution >= 0.6 is 0 Å². The summed E-state index contributed by atoms with van der Waals surface area (Å²) in [5.41, 5.74) is 3.10. The number of nitrogens with zero attached hydrogens (tertiary/aromatic N) is 5. The zero-order valence-electron chi connectivity index (χ0n) is 24.5. The van der Waals surface area contributed by atoms with E-state index in [1.165, 1.54) is 5.56 Å². The molecule has 1 amide bonds. The maximum Gasteiger partial charge on any atom is 0.251 e. The number of amides is 1. The molecular formula is C31H41N5O5Si. The van der Waals surface area contributed by atoms with Crippen LogP contribution in [-0.2, 0) is 22.7 Å². The summed E-state index contributed by atoms with van der Waals surface area (Å²) >= 11 is 0. The number of benzene rings is 1. The van der Waals surface area contributed by atoms with Crippen molar-refractivity contribution in [2.24, 2.45) is 0 Å². The van der Waals surface area contributed by atoms with Gasteiger partial charge in [-0.3, -0.25) is 9.69 Å². The highest BCUT2D eigenvalue weighted by atomic mass is 28.3. The summed E-state index contributed by atoms with van der Waals surface area (Å²) in [6.45, 7) is 9.26. The first-order valence-corrected chi connectivity index (χ1v) is 18.3. The van der Waals surface area contributed by atoms with Crippen LogP contribution in [0.3, 0.4) is 0 Å². The van der Waals surface area contributed by atoms with E-state index in [0.717, 1.165) is 68.6 Å². The molecule has 2 atom stereocenters. The molecule has 3 aliphatic rings. The lowest BCUT2D eigenvalue weighted by atomic mass is 10.0. The first-order chi connectivity index (χ1) is 20.4.